The van der Waals surface area contributed by atoms with Crippen molar-refractivity contribution in [2.24, 2.45) is 0 Å². The Kier molecular flexibility index (Phi) is 3.52. The van der Waals surface area contributed by atoms with Crippen LogP contribution in [0.4, 0.5) is 0 Å². The second kappa shape index (κ2) is 3.75. The average Bonchev–Trinajstić information content (AvgIpc) is 1.72. The monoisotopic (exact) mass is 138 g/mol. The van der Waals surface area contributed by atoms with Crippen LogP contribution in [0.15, 0.2) is 24.5 Å². The third-order valence-electron chi connectivity index (χ3n) is 0.483. The van der Waals surface area contributed by atoms with E-state index in [-0.39, 0.29) is 16.5 Å². The van der Waals surface area contributed by atoms with Crippen LogP contribution in [-0.4, -0.2) is 10.2 Å². The first kappa shape index (κ1) is 6.57. The summed E-state index contributed by atoms with van der Waals surface area (Å²) in [7, 11) is 0. The molecule has 1 heterocycles. The van der Waals surface area contributed by atoms with Crippen LogP contribution in [0.2, 0.25) is 0 Å². The second-order valence-electron chi connectivity index (χ2n) is 0.914. The van der Waals surface area contributed by atoms with Crippen LogP contribution >= 0.6 is 0 Å². The second-order valence-corrected chi connectivity index (χ2v) is 0.914. The van der Waals surface area contributed by atoms with Crippen molar-refractivity contribution < 1.29 is 16.5 Å². The fraction of sp³-hybridized carbons (Fsp3) is 0. The summed E-state index contributed by atoms with van der Waals surface area (Å²) < 4.78 is 0. The van der Waals surface area contributed by atoms with Crippen molar-refractivity contribution in [2.75, 3.05) is 0 Å². The normalized spacial score (nSPS) is 6.86. The first-order valence-corrected chi connectivity index (χ1v) is 1.72. The van der Waals surface area contributed by atoms with Gasteiger partial charge in [-0.15, -0.1) is 0 Å². The van der Waals surface area contributed by atoms with Crippen LogP contribution in [0.25, 0.3) is 0 Å². The summed E-state index contributed by atoms with van der Waals surface area (Å²) in [6.45, 7) is 0. The minimum atomic E-state index is 0. The summed E-state index contributed by atoms with van der Waals surface area (Å²) in [5, 5.41) is 7.07. The summed E-state index contributed by atoms with van der Waals surface area (Å²) in [6, 6.07) is 3.65. The average molecular weight is 139 g/mol. The molecule has 7 heavy (non-hydrogen) atoms. The van der Waals surface area contributed by atoms with Gasteiger partial charge in [0.05, 0.1) is 0 Å². The number of nitrogens with zero attached hydrogens (tertiary/aromatic N) is 2. The van der Waals surface area contributed by atoms with Gasteiger partial charge < -0.3 is 0 Å². The quantitative estimate of drug-likeness (QED) is 0.488. The molecule has 0 unspecified atom stereocenters. The van der Waals surface area contributed by atoms with Gasteiger partial charge in [-0.3, -0.25) is 0 Å². The number of hydrogen-bond acceptors (Lipinski definition) is 2. The van der Waals surface area contributed by atoms with Crippen molar-refractivity contribution in [1.29, 1.82) is 0 Å². The maximum absolute atomic E-state index is 3.53. The zero-order valence-electron chi connectivity index (χ0n) is 3.52. The predicted octanol–water partition coefficient (Wildman–Crippen LogP) is 0.474. The molecule has 0 bridgehead atoms. The van der Waals surface area contributed by atoms with Gasteiger partial charge in [0.1, 0.15) is 0 Å². The number of hydrogen-bond donors (Lipinski definition) is 0. The molecule has 0 aliphatic heterocycles. The molecule has 0 amide bonds. The molecule has 0 atom stereocenters. The van der Waals surface area contributed by atoms with Gasteiger partial charge in [-0.1, -0.05) is 0 Å². The molecule has 0 aliphatic rings. The molecule has 0 aromatic carbocycles. The van der Waals surface area contributed by atoms with Gasteiger partial charge in [0.25, 0.3) is 0 Å². The van der Waals surface area contributed by atoms with Crippen LogP contribution in [0, 0.1) is 0 Å². The molecule has 0 aliphatic carbocycles. The van der Waals surface area contributed by atoms with E-state index in [2.05, 4.69) is 10.2 Å². The fourth-order valence-corrected chi connectivity index (χ4v) is 0.253. The number of aromatic nitrogens is 2. The Hall–Kier alpha value is -0.426. The minimum Gasteiger partial charge on any atom is -0.159 e. The summed E-state index contributed by atoms with van der Waals surface area (Å²) in [4.78, 5) is 0. The van der Waals surface area contributed by atoms with E-state index in [1.54, 1.807) is 12.4 Å². The van der Waals surface area contributed by atoms with E-state index in [4.69, 9.17) is 0 Å². The largest absolute Gasteiger partial charge is 0.159 e. The van der Waals surface area contributed by atoms with Gasteiger partial charge in [-0.25, -0.2) is 0 Å². The van der Waals surface area contributed by atoms with E-state index < -0.39 is 0 Å². The fourth-order valence-electron chi connectivity index (χ4n) is 0.253. The molecule has 0 fully saturated rings. The Morgan fingerprint density at radius 3 is 1.43 bits per heavy atom. The molecular formula is C4H4N2Ni. The van der Waals surface area contributed by atoms with Crippen LogP contribution in [-0.2, 0) is 16.5 Å². The van der Waals surface area contributed by atoms with E-state index in [1.807, 2.05) is 12.1 Å². The van der Waals surface area contributed by atoms with Gasteiger partial charge in [0.15, 0.2) is 0 Å². The standard InChI is InChI=1S/C4H4N2.Ni/c1-2-4-6-5-3-1;/h1-4H;. The molecule has 2 nitrogen and oxygen atoms in total. The molecule has 1 aromatic heterocycles. The number of rotatable bonds is 0. The molecule has 1 rings (SSSR count). The molecule has 0 radical (unpaired) electrons. The Morgan fingerprint density at radius 2 is 1.29 bits per heavy atom. The van der Waals surface area contributed by atoms with Crippen LogP contribution in [0.1, 0.15) is 0 Å². The van der Waals surface area contributed by atoms with Gasteiger partial charge in [-0.05, 0) is 12.1 Å². The Morgan fingerprint density at radius 1 is 0.857 bits per heavy atom. The summed E-state index contributed by atoms with van der Waals surface area (Å²) in [6.07, 6.45) is 3.28. The van der Waals surface area contributed by atoms with Crippen molar-refractivity contribution in [3.05, 3.63) is 24.5 Å². The van der Waals surface area contributed by atoms with Gasteiger partial charge >= 0.3 is 0 Å². The molecule has 0 saturated carbocycles. The first-order chi connectivity index (χ1) is 3.00. The SMILES string of the molecule is [Ni].c1ccnnc1. The van der Waals surface area contributed by atoms with E-state index in [9.17, 15) is 0 Å². The Balaban J connectivity index is 0.000000360. The van der Waals surface area contributed by atoms with E-state index in [0.29, 0.717) is 0 Å². The zero-order valence-corrected chi connectivity index (χ0v) is 4.51. The van der Waals surface area contributed by atoms with Crippen molar-refractivity contribution in [3.63, 3.8) is 0 Å². The van der Waals surface area contributed by atoms with E-state index in [1.165, 1.54) is 0 Å². The van der Waals surface area contributed by atoms with Crippen molar-refractivity contribution in [2.45, 2.75) is 0 Å². The third kappa shape index (κ3) is 2.29. The Bertz CT molecular complexity index is 81.6. The summed E-state index contributed by atoms with van der Waals surface area (Å²) in [5.41, 5.74) is 0. The van der Waals surface area contributed by atoms with Crippen molar-refractivity contribution in [3.8, 4) is 0 Å². The van der Waals surface area contributed by atoms with E-state index in [0.717, 1.165) is 0 Å². The van der Waals surface area contributed by atoms with E-state index >= 15 is 0 Å². The summed E-state index contributed by atoms with van der Waals surface area (Å²) >= 11 is 0. The Labute approximate surface area is 51.9 Å². The third-order valence-corrected chi connectivity index (χ3v) is 0.483. The van der Waals surface area contributed by atoms with Gasteiger partial charge in [-0.2, -0.15) is 10.2 Å². The molecule has 3 heteroatoms. The van der Waals surface area contributed by atoms with Gasteiger partial charge in [0.2, 0.25) is 0 Å². The topological polar surface area (TPSA) is 25.8 Å². The molecule has 1 aromatic rings. The molecule has 0 saturated heterocycles. The van der Waals surface area contributed by atoms with Crippen molar-refractivity contribution >= 4 is 0 Å². The van der Waals surface area contributed by atoms with Gasteiger partial charge in [0, 0.05) is 28.9 Å². The predicted molar refractivity (Wildman–Crippen MR) is 22.0 cm³/mol. The maximum atomic E-state index is 3.53. The molecule has 0 N–H and O–H groups in total. The minimum absolute atomic E-state index is 0. The molecule has 0 spiro atoms. The smallest absolute Gasteiger partial charge is 0.0496 e. The van der Waals surface area contributed by atoms with Crippen molar-refractivity contribution in [1.82, 2.24) is 10.2 Å². The first-order valence-electron chi connectivity index (χ1n) is 1.72. The van der Waals surface area contributed by atoms with Crippen LogP contribution in [0.3, 0.4) is 0 Å². The zero-order chi connectivity index (χ0) is 4.24. The molecular weight excluding hydrogens is 135 g/mol. The maximum Gasteiger partial charge on any atom is 0.0496 e. The van der Waals surface area contributed by atoms with Crippen LogP contribution in [0.5, 0.6) is 0 Å². The van der Waals surface area contributed by atoms with Crippen LogP contribution < -0.4 is 0 Å². The molecule has 40 valence electrons. The summed E-state index contributed by atoms with van der Waals surface area (Å²) in [5.74, 6) is 0.